The second-order valence-corrected chi connectivity index (χ2v) is 8.61. The van der Waals surface area contributed by atoms with Crippen LogP contribution >= 0.6 is 11.3 Å². The molecule has 1 aliphatic rings. The molecule has 3 heterocycles. The van der Waals surface area contributed by atoms with Gasteiger partial charge in [0, 0.05) is 6.42 Å². The van der Waals surface area contributed by atoms with Crippen LogP contribution in [0.2, 0.25) is 0 Å². The van der Waals surface area contributed by atoms with Crippen LogP contribution in [0.4, 0.5) is 0 Å². The molecule has 0 amide bonds. The molecule has 0 saturated carbocycles. The molecule has 0 bridgehead atoms. The van der Waals surface area contributed by atoms with Crippen LogP contribution in [0, 0.1) is 5.92 Å². The molecular weight excluding hydrogens is 416 g/mol. The summed E-state index contributed by atoms with van der Waals surface area (Å²) in [5, 5.41) is 15.4. The first kappa shape index (κ1) is 21.6. The van der Waals surface area contributed by atoms with Crippen LogP contribution in [0.15, 0.2) is 24.3 Å². The molecule has 1 aromatic carbocycles. The molecule has 1 unspecified atom stereocenters. The number of methoxy groups -OCH3 is 1. The fourth-order valence-electron chi connectivity index (χ4n) is 4.09. The second-order valence-electron chi connectivity index (χ2n) is 7.60. The van der Waals surface area contributed by atoms with E-state index in [1.165, 1.54) is 15.9 Å². The van der Waals surface area contributed by atoms with Crippen molar-refractivity contribution in [2.75, 3.05) is 26.8 Å². The van der Waals surface area contributed by atoms with E-state index in [2.05, 4.69) is 15.0 Å². The Hall–Kier alpha value is -2.65. The maximum atomic E-state index is 12.2. The molecule has 0 aliphatic carbocycles. The van der Waals surface area contributed by atoms with Crippen LogP contribution in [-0.4, -0.2) is 57.4 Å². The number of nitrogens with zero attached hydrogens (tertiary/aromatic N) is 4. The molecule has 9 heteroatoms. The molecule has 8 nitrogen and oxygen atoms in total. The van der Waals surface area contributed by atoms with Gasteiger partial charge in [-0.25, -0.2) is 4.98 Å². The number of hydrogen-bond acceptors (Lipinski definition) is 8. The van der Waals surface area contributed by atoms with E-state index in [-0.39, 0.29) is 23.8 Å². The van der Waals surface area contributed by atoms with Crippen molar-refractivity contribution in [2.24, 2.45) is 5.92 Å². The van der Waals surface area contributed by atoms with E-state index in [9.17, 15) is 9.90 Å². The summed E-state index contributed by atoms with van der Waals surface area (Å²) < 4.78 is 12.1. The van der Waals surface area contributed by atoms with Crippen molar-refractivity contribution in [1.29, 1.82) is 0 Å². The first-order valence-electron chi connectivity index (χ1n) is 10.7. The van der Waals surface area contributed by atoms with E-state index < -0.39 is 0 Å². The Balaban J connectivity index is 1.66. The third kappa shape index (κ3) is 4.24. The third-order valence-electron chi connectivity index (χ3n) is 5.75. The van der Waals surface area contributed by atoms with Crippen LogP contribution in [0.5, 0.6) is 11.6 Å². The lowest BCUT2D eigenvalue weighted by Gasteiger charge is -2.36. The summed E-state index contributed by atoms with van der Waals surface area (Å²) in [6, 6.07) is 7.74. The van der Waals surface area contributed by atoms with E-state index in [1.807, 2.05) is 38.1 Å². The maximum absolute atomic E-state index is 12.2. The minimum Gasteiger partial charge on any atom is -0.497 e. The average molecular weight is 445 g/mol. The van der Waals surface area contributed by atoms with E-state index in [4.69, 9.17) is 9.47 Å². The number of aromatic nitrogens is 3. The van der Waals surface area contributed by atoms with Gasteiger partial charge in [-0.3, -0.25) is 9.69 Å². The Morgan fingerprint density at radius 2 is 1.97 bits per heavy atom. The summed E-state index contributed by atoms with van der Waals surface area (Å²) >= 11 is 1.46. The number of rotatable bonds is 7. The normalized spacial score (nSPS) is 16.5. The van der Waals surface area contributed by atoms with E-state index in [0.29, 0.717) is 23.8 Å². The van der Waals surface area contributed by atoms with Gasteiger partial charge in [0.2, 0.25) is 10.8 Å². The van der Waals surface area contributed by atoms with Crippen molar-refractivity contribution in [3.63, 3.8) is 0 Å². The molecule has 3 aromatic rings. The van der Waals surface area contributed by atoms with Crippen molar-refractivity contribution in [3.05, 3.63) is 40.5 Å². The van der Waals surface area contributed by atoms with Crippen molar-refractivity contribution in [1.82, 2.24) is 19.5 Å². The van der Waals surface area contributed by atoms with Gasteiger partial charge in [-0.2, -0.15) is 4.52 Å². The van der Waals surface area contributed by atoms with Crippen molar-refractivity contribution >= 4 is 22.3 Å². The minimum atomic E-state index is -0.160. The molecule has 1 atom stereocenters. The number of thiazole rings is 1. The highest BCUT2D eigenvalue weighted by atomic mass is 32.1. The lowest BCUT2D eigenvalue weighted by Crippen LogP contribution is -2.39. The SMILES string of the molecule is CCOC(=O)C1CCN(C(c2ccc(OC)cc2)c2sc3nc(CC)nn3c2O)CC1. The Kier molecular flexibility index (Phi) is 6.43. The number of hydrogen-bond donors (Lipinski definition) is 1. The number of piperidine rings is 1. The summed E-state index contributed by atoms with van der Waals surface area (Å²) in [6.45, 7) is 5.69. The highest BCUT2D eigenvalue weighted by molar-refractivity contribution is 7.17. The molecule has 0 radical (unpaired) electrons. The Labute approximate surface area is 185 Å². The fraction of sp³-hybridized carbons (Fsp3) is 0.500. The zero-order valence-corrected chi connectivity index (χ0v) is 18.9. The average Bonchev–Trinajstić information content (AvgIpc) is 3.34. The molecule has 0 spiro atoms. The number of likely N-dealkylation sites (tertiary alicyclic amines) is 1. The van der Waals surface area contributed by atoms with Crippen LogP contribution < -0.4 is 4.74 Å². The molecule has 1 aliphatic heterocycles. The summed E-state index contributed by atoms with van der Waals surface area (Å²) in [5.74, 6) is 1.43. The first-order chi connectivity index (χ1) is 15.0. The van der Waals surface area contributed by atoms with Gasteiger partial charge >= 0.3 is 5.97 Å². The van der Waals surface area contributed by atoms with Gasteiger partial charge in [0.15, 0.2) is 5.82 Å². The zero-order valence-electron chi connectivity index (χ0n) is 18.1. The van der Waals surface area contributed by atoms with Gasteiger partial charge in [-0.1, -0.05) is 30.4 Å². The number of benzene rings is 1. The fourth-order valence-corrected chi connectivity index (χ4v) is 5.22. The standard InChI is InChI=1S/C22H28N4O4S/c1-4-17-23-22-26(24-17)20(27)19(31-22)18(14-6-8-16(29-3)9-7-14)25-12-10-15(11-13-25)21(28)30-5-2/h6-9,15,18,27H,4-5,10-13H2,1-3H3. The smallest absolute Gasteiger partial charge is 0.309 e. The van der Waals surface area contributed by atoms with Crippen LogP contribution in [0.1, 0.15) is 49.0 Å². The summed E-state index contributed by atoms with van der Waals surface area (Å²) in [5.41, 5.74) is 1.05. The zero-order chi connectivity index (χ0) is 22.0. The summed E-state index contributed by atoms with van der Waals surface area (Å²) in [7, 11) is 1.64. The van der Waals surface area contributed by atoms with Crippen molar-refractivity contribution in [3.8, 4) is 11.6 Å². The lowest BCUT2D eigenvalue weighted by atomic mass is 9.93. The molecule has 31 heavy (non-hydrogen) atoms. The van der Waals surface area contributed by atoms with E-state index in [0.717, 1.165) is 42.1 Å². The number of esters is 1. The number of aryl methyl sites for hydroxylation is 1. The highest BCUT2D eigenvalue weighted by Crippen LogP contribution is 2.41. The molecule has 1 fully saturated rings. The number of carbonyl (C=O) groups is 1. The van der Waals surface area contributed by atoms with Crippen LogP contribution in [0.3, 0.4) is 0 Å². The molecule has 1 saturated heterocycles. The largest absolute Gasteiger partial charge is 0.497 e. The van der Waals surface area contributed by atoms with Gasteiger partial charge in [0.1, 0.15) is 5.75 Å². The van der Waals surface area contributed by atoms with Crippen LogP contribution in [0.25, 0.3) is 4.96 Å². The highest BCUT2D eigenvalue weighted by Gasteiger charge is 2.34. The first-order valence-corrected chi connectivity index (χ1v) is 11.5. The molecule has 1 N–H and O–H groups in total. The number of fused-ring (bicyclic) bond motifs is 1. The van der Waals surface area contributed by atoms with Gasteiger partial charge in [-0.05, 0) is 50.6 Å². The topological polar surface area (TPSA) is 89.2 Å². The Morgan fingerprint density at radius 1 is 1.26 bits per heavy atom. The Morgan fingerprint density at radius 3 is 2.55 bits per heavy atom. The van der Waals surface area contributed by atoms with E-state index >= 15 is 0 Å². The molecule has 166 valence electrons. The Bertz CT molecular complexity index is 1040. The van der Waals surface area contributed by atoms with Gasteiger partial charge < -0.3 is 14.6 Å². The van der Waals surface area contributed by atoms with Crippen LogP contribution in [-0.2, 0) is 16.0 Å². The number of ether oxygens (including phenoxy) is 2. The van der Waals surface area contributed by atoms with Gasteiger partial charge in [-0.15, -0.1) is 5.10 Å². The summed E-state index contributed by atoms with van der Waals surface area (Å²) in [4.78, 5) is 20.5. The molecule has 2 aromatic heterocycles. The third-order valence-corrected chi connectivity index (χ3v) is 6.83. The van der Waals surface area contributed by atoms with Gasteiger partial charge in [0.05, 0.1) is 30.6 Å². The van der Waals surface area contributed by atoms with E-state index in [1.54, 1.807) is 7.11 Å². The predicted molar refractivity (Wildman–Crippen MR) is 118 cm³/mol. The maximum Gasteiger partial charge on any atom is 0.309 e. The minimum absolute atomic E-state index is 0.0734. The van der Waals surface area contributed by atoms with Crippen molar-refractivity contribution < 1.29 is 19.4 Å². The predicted octanol–water partition coefficient (Wildman–Crippen LogP) is 3.43. The lowest BCUT2D eigenvalue weighted by molar-refractivity contribution is -0.149. The number of carbonyl (C=O) groups excluding carboxylic acids is 1. The van der Waals surface area contributed by atoms with Gasteiger partial charge in [0.25, 0.3) is 0 Å². The number of aromatic hydroxyl groups is 1. The molecule has 4 rings (SSSR count). The summed E-state index contributed by atoms with van der Waals surface area (Å²) in [6.07, 6.45) is 2.17. The quantitative estimate of drug-likeness (QED) is 0.559. The monoisotopic (exact) mass is 444 g/mol. The van der Waals surface area contributed by atoms with Crippen molar-refractivity contribution in [2.45, 2.75) is 39.2 Å². The molecular formula is C22H28N4O4S. The second kappa shape index (κ2) is 9.23.